The van der Waals surface area contributed by atoms with Crippen LogP contribution < -0.4 is 20.7 Å². The summed E-state index contributed by atoms with van der Waals surface area (Å²) in [7, 11) is 1.72. The van der Waals surface area contributed by atoms with E-state index in [-0.39, 0.29) is 34.6 Å². The van der Waals surface area contributed by atoms with Crippen molar-refractivity contribution in [3.63, 3.8) is 0 Å². The summed E-state index contributed by atoms with van der Waals surface area (Å²) in [6.07, 6.45) is 1.87. The Kier molecular flexibility index (Phi) is 8.97. The third kappa shape index (κ3) is 6.48. The molecule has 0 radical (unpaired) electrons. The minimum atomic E-state index is -0.388. The van der Waals surface area contributed by atoms with Crippen LogP contribution in [-0.2, 0) is 12.8 Å². The topological polar surface area (TPSA) is 101 Å². The lowest BCUT2D eigenvalue weighted by molar-refractivity contribution is -0.384. The van der Waals surface area contributed by atoms with Crippen molar-refractivity contribution in [1.29, 1.82) is 0 Å². The fourth-order valence-corrected chi connectivity index (χ4v) is 3.10. The summed E-state index contributed by atoms with van der Waals surface area (Å²) < 4.78 is 5.53. The van der Waals surface area contributed by atoms with Gasteiger partial charge in [0, 0.05) is 39.2 Å². The number of anilines is 1. The van der Waals surface area contributed by atoms with Crippen LogP contribution in [0.4, 0.5) is 11.4 Å². The largest absolute Gasteiger partial charge is 0.493 e. The van der Waals surface area contributed by atoms with Crippen molar-refractivity contribution in [2.45, 2.75) is 12.8 Å². The van der Waals surface area contributed by atoms with Crippen LogP contribution in [0, 0.1) is 10.1 Å². The third-order valence-corrected chi connectivity index (χ3v) is 4.52. The van der Waals surface area contributed by atoms with E-state index in [4.69, 9.17) is 4.74 Å². The second-order valence-electron chi connectivity index (χ2n) is 6.42. The molecule has 29 heavy (non-hydrogen) atoms. The third-order valence-electron chi connectivity index (χ3n) is 4.52. The highest BCUT2D eigenvalue weighted by molar-refractivity contribution is 14.0. The van der Waals surface area contributed by atoms with Crippen LogP contribution in [-0.4, -0.2) is 44.2 Å². The molecule has 1 aliphatic rings. The first-order chi connectivity index (χ1) is 13.7. The first kappa shape index (κ1) is 22.7. The van der Waals surface area contributed by atoms with E-state index < -0.39 is 0 Å². The highest BCUT2D eigenvalue weighted by Gasteiger charge is 2.12. The van der Waals surface area contributed by atoms with Crippen molar-refractivity contribution in [2.24, 2.45) is 4.99 Å². The van der Waals surface area contributed by atoms with Crippen molar-refractivity contribution in [3.05, 3.63) is 63.7 Å². The van der Waals surface area contributed by atoms with E-state index in [9.17, 15) is 10.1 Å². The quantitative estimate of drug-likeness (QED) is 0.126. The number of nitro groups is 1. The average Bonchev–Trinajstić information content (AvgIpc) is 3.17. The highest BCUT2D eigenvalue weighted by atomic mass is 127. The molecule has 9 heteroatoms. The monoisotopic (exact) mass is 511 g/mol. The van der Waals surface area contributed by atoms with Gasteiger partial charge in [-0.05, 0) is 29.7 Å². The summed E-state index contributed by atoms with van der Waals surface area (Å²) in [5, 5.41) is 20.6. The predicted molar refractivity (Wildman–Crippen MR) is 126 cm³/mol. The van der Waals surface area contributed by atoms with Gasteiger partial charge < -0.3 is 20.7 Å². The number of nitrogens with zero attached hydrogens (tertiary/aromatic N) is 2. The number of para-hydroxylation sites is 2. The molecule has 0 saturated carbocycles. The van der Waals surface area contributed by atoms with E-state index in [1.54, 1.807) is 25.2 Å². The number of guanidine groups is 1. The number of benzene rings is 2. The van der Waals surface area contributed by atoms with Crippen molar-refractivity contribution in [1.82, 2.24) is 10.6 Å². The molecule has 0 spiro atoms. The van der Waals surface area contributed by atoms with E-state index in [1.165, 1.54) is 17.2 Å². The van der Waals surface area contributed by atoms with Gasteiger partial charge in [-0.1, -0.05) is 24.3 Å². The fourth-order valence-electron chi connectivity index (χ4n) is 3.10. The molecule has 1 aliphatic heterocycles. The minimum Gasteiger partial charge on any atom is -0.493 e. The standard InChI is InChI=1S/C20H25N5O3.HI/c1-21-20(23-10-8-15-6-7-19-16(14-15)9-13-28-19)24-12-11-22-17-4-2-3-5-18(17)25(26)27;/h2-7,14,22H,8-13H2,1H3,(H2,21,23,24);1H. The van der Waals surface area contributed by atoms with E-state index in [2.05, 4.69) is 33.1 Å². The van der Waals surface area contributed by atoms with Crippen LogP contribution in [0.15, 0.2) is 47.5 Å². The zero-order valence-corrected chi connectivity index (χ0v) is 18.6. The molecule has 0 aliphatic carbocycles. The molecule has 2 aromatic carbocycles. The average molecular weight is 511 g/mol. The van der Waals surface area contributed by atoms with Crippen LogP contribution in [0.5, 0.6) is 5.75 Å². The van der Waals surface area contributed by atoms with Gasteiger partial charge in [-0.25, -0.2) is 0 Å². The summed E-state index contributed by atoms with van der Waals surface area (Å²) in [4.78, 5) is 14.8. The summed E-state index contributed by atoms with van der Waals surface area (Å²) in [5.74, 6) is 1.70. The minimum absolute atomic E-state index is 0. The molecule has 0 atom stereocenters. The van der Waals surface area contributed by atoms with Gasteiger partial charge in [0.1, 0.15) is 11.4 Å². The molecule has 3 N–H and O–H groups in total. The number of hydrogen-bond donors (Lipinski definition) is 3. The van der Waals surface area contributed by atoms with Gasteiger partial charge in [0.2, 0.25) is 0 Å². The lowest BCUT2D eigenvalue weighted by Crippen LogP contribution is -2.40. The maximum Gasteiger partial charge on any atom is 0.292 e. The number of ether oxygens (including phenoxy) is 1. The Balaban J connectivity index is 0.00000300. The normalized spacial score (nSPS) is 12.4. The molecule has 156 valence electrons. The highest BCUT2D eigenvalue weighted by Crippen LogP contribution is 2.26. The Hall–Kier alpha value is -2.56. The number of nitro benzene ring substituents is 1. The smallest absolute Gasteiger partial charge is 0.292 e. The molecule has 0 amide bonds. The summed E-state index contributed by atoms with van der Waals surface area (Å²) in [6, 6.07) is 13.0. The zero-order chi connectivity index (χ0) is 19.8. The van der Waals surface area contributed by atoms with Gasteiger partial charge in [0.25, 0.3) is 5.69 Å². The van der Waals surface area contributed by atoms with Crippen LogP contribution >= 0.6 is 24.0 Å². The molecule has 0 fully saturated rings. The van der Waals surface area contributed by atoms with Crippen molar-refractivity contribution < 1.29 is 9.66 Å². The number of nitrogens with one attached hydrogen (secondary N) is 3. The molecule has 0 unspecified atom stereocenters. The van der Waals surface area contributed by atoms with Gasteiger partial charge >= 0.3 is 0 Å². The summed E-state index contributed by atoms with van der Waals surface area (Å²) in [5.41, 5.74) is 3.13. The molecular weight excluding hydrogens is 485 g/mol. The van der Waals surface area contributed by atoms with Crippen LogP contribution in [0.3, 0.4) is 0 Å². The van der Waals surface area contributed by atoms with Crippen LogP contribution in [0.1, 0.15) is 11.1 Å². The molecule has 0 bridgehead atoms. The second kappa shape index (κ2) is 11.4. The maximum absolute atomic E-state index is 11.0. The Morgan fingerprint density at radius 2 is 1.97 bits per heavy atom. The SMILES string of the molecule is CN=C(NCCNc1ccccc1[N+](=O)[O-])NCCc1ccc2c(c1)CCO2.I. The lowest BCUT2D eigenvalue weighted by atomic mass is 10.1. The van der Waals surface area contributed by atoms with Gasteiger partial charge in [-0.2, -0.15) is 0 Å². The first-order valence-electron chi connectivity index (χ1n) is 9.34. The molecule has 3 rings (SSSR count). The van der Waals surface area contributed by atoms with Crippen molar-refractivity contribution >= 4 is 41.3 Å². The molecule has 0 aromatic heterocycles. The number of hydrogen-bond acceptors (Lipinski definition) is 5. The maximum atomic E-state index is 11.0. The second-order valence-corrected chi connectivity index (χ2v) is 6.42. The molecule has 8 nitrogen and oxygen atoms in total. The predicted octanol–water partition coefficient (Wildman–Crippen LogP) is 2.97. The van der Waals surface area contributed by atoms with Gasteiger partial charge in [-0.3, -0.25) is 15.1 Å². The Morgan fingerprint density at radius 3 is 2.76 bits per heavy atom. The van der Waals surface area contributed by atoms with Crippen molar-refractivity contribution in [2.75, 3.05) is 38.6 Å². The van der Waals surface area contributed by atoms with Gasteiger partial charge in [0.05, 0.1) is 11.5 Å². The molecular formula is C20H26IN5O3. The van der Waals surface area contributed by atoms with E-state index in [1.807, 2.05) is 6.07 Å². The number of aliphatic imine (C=N–C) groups is 1. The Labute approximate surface area is 187 Å². The Bertz CT molecular complexity index is 860. The van der Waals surface area contributed by atoms with E-state index in [0.717, 1.165) is 31.7 Å². The van der Waals surface area contributed by atoms with Gasteiger partial charge in [0.15, 0.2) is 5.96 Å². The number of halogens is 1. The van der Waals surface area contributed by atoms with Crippen LogP contribution in [0.25, 0.3) is 0 Å². The zero-order valence-electron chi connectivity index (χ0n) is 16.3. The summed E-state index contributed by atoms with van der Waals surface area (Å²) in [6.45, 7) is 2.66. The van der Waals surface area contributed by atoms with Crippen LogP contribution in [0.2, 0.25) is 0 Å². The van der Waals surface area contributed by atoms with E-state index >= 15 is 0 Å². The lowest BCUT2D eigenvalue weighted by Gasteiger charge is -2.13. The molecule has 1 heterocycles. The Morgan fingerprint density at radius 1 is 1.17 bits per heavy atom. The fraction of sp³-hybridized carbons (Fsp3) is 0.350. The summed E-state index contributed by atoms with van der Waals surface area (Å²) >= 11 is 0. The number of fused-ring (bicyclic) bond motifs is 1. The molecule has 2 aromatic rings. The molecule has 0 saturated heterocycles. The van der Waals surface area contributed by atoms with Crippen molar-refractivity contribution in [3.8, 4) is 5.75 Å². The number of rotatable bonds is 8. The van der Waals surface area contributed by atoms with Gasteiger partial charge in [-0.15, -0.1) is 24.0 Å². The first-order valence-corrected chi connectivity index (χ1v) is 9.34. The van der Waals surface area contributed by atoms with E-state index in [0.29, 0.717) is 24.7 Å².